The van der Waals surface area contributed by atoms with E-state index in [1.54, 1.807) is 20.8 Å². The maximum absolute atomic E-state index is 14.4. The maximum atomic E-state index is 14.4. The van der Waals surface area contributed by atoms with Gasteiger partial charge in [-0.1, -0.05) is 23.7 Å². The number of nitrogens with one attached hydrogen (secondary N) is 1. The second-order valence-corrected chi connectivity index (χ2v) is 9.05. The molecule has 0 fully saturated rings. The van der Waals surface area contributed by atoms with Crippen molar-refractivity contribution in [1.82, 2.24) is 4.72 Å². The Balaban J connectivity index is 3.32. The van der Waals surface area contributed by atoms with E-state index in [-0.39, 0.29) is 10.6 Å². The predicted octanol–water partition coefficient (Wildman–Crippen LogP) is 4.06. The topological polar surface area (TPSA) is 55.3 Å². The van der Waals surface area contributed by atoms with Gasteiger partial charge in [0.05, 0.1) is 10.6 Å². The third-order valence-electron chi connectivity index (χ3n) is 3.40. The fourth-order valence-corrected chi connectivity index (χ4v) is 3.08. The summed E-state index contributed by atoms with van der Waals surface area (Å²) in [4.78, 5) is 0. The monoisotopic (exact) mass is 389 g/mol. The van der Waals surface area contributed by atoms with Crippen molar-refractivity contribution in [3.63, 3.8) is 0 Å². The molecule has 0 aliphatic rings. The molecular weight excluding hydrogens is 370 g/mol. The van der Waals surface area contributed by atoms with E-state index < -0.39 is 46.2 Å². The van der Waals surface area contributed by atoms with Crippen LogP contribution in [-0.4, -0.2) is 26.7 Å². The Morgan fingerprint density at radius 3 is 2.25 bits per heavy atom. The smallest absolute Gasteiger partial charge is 0.414 e. The van der Waals surface area contributed by atoms with Gasteiger partial charge in [0, 0.05) is 23.3 Å². The molecule has 3 atom stereocenters. The van der Waals surface area contributed by atoms with E-state index in [1.165, 1.54) is 25.1 Å². The molecule has 1 rings (SSSR count). The molecule has 0 bridgehead atoms. The molecule has 0 aromatic heterocycles. The molecule has 1 aromatic carbocycles. The minimum atomic E-state index is -4.89. The van der Waals surface area contributed by atoms with Crippen LogP contribution < -0.4 is 4.72 Å². The number of alkyl halides is 3. The van der Waals surface area contributed by atoms with Gasteiger partial charge < -0.3 is 9.66 Å². The van der Waals surface area contributed by atoms with Gasteiger partial charge in [-0.25, -0.2) is 4.39 Å². The van der Waals surface area contributed by atoms with Crippen molar-refractivity contribution in [3.05, 3.63) is 34.6 Å². The highest BCUT2D eigenvalue weighted by Gasteiger charge is 2.47. The van der Waals surface area contributed by atoms with Crippen LogP contribution in [0.5, 0.6) is 0 Å². The lowest BCUT2D eigenvalue weighted by Gasteiger charge is -2.37. The van der Waals surface area contributed by atoms with E-state index in [4.69, 9.17) is 11.6 Å². The van der Waals surface area contributed by atoms with Gasteiger partial charge >= 0.3 is 6.18 Å². The van der Waals surface area contributed by atoms with Gasteiger partial charge in [-0.3, -0.25) is 0 Å². The Morgan fingerprint density at radius 1 is 1.25 bits per heavy atom. The Bertz CT molecular complexity index is 556. The van der Waals surface area contributed by atoms with E-state index in [0.717, 1.165) is 0 Å². The quantitative estimate of drug-likeness (QED) is 0.590. The lowest BCUT2D eigenvalue weighted by Crippen LogP contribution is -2.52. The molecule has 138 valence electrons. The molecule has 0 spiro atoms. The molecule has 1 aromatic rings. The molecule has 3 nitrogen and oxygen atoms in total. The first-order valence-corrected chi connectivity index (χ1v) is 8.60. The van der Waals surface area contributed by atoms with E-state index in [9.17, 15) is 27.2 Å². The normalized spacial score (nSPS) is 18.1. The third-order valence-corrected chi connectivity index (χ3v) is 5.44. The SMILES string of the molecule is CC(C)(C)[S@@+]([O-])N[C@@](C)(C[C@@H](O)C(F)(F)F)c1cccc(Cl)c1F. The third kappa shape index (κ3) is 5.23. The molecule has 0 aliphatic carbocycles. The number of aliphatic hydroxyl groups is 1. The fourth-order valence-electron chi connectivity index (χ4n) is 2.00. The standard InChI is InChI=1S/C15H20ClF4NO2S/c1-13(2,3)24(23)21-14(4,8-11(22)15(18,19)20)9-6-5-7-10(16)12(9)17/h5-7,11,21-22H,8H2,1-4H3/t11-,14+,24-/m1/s1. The molecule has 24 heavy (non-hydrogen) atoms. The first-order chi connectivity index (χ1) is 10.7. The highest BCUT2D eigenvalue weighted by Crippen LogP contribution is 2.36. The van der Waals surface area contributed by atoms with E-state index in [0.29, 0.717) is 0 Å². The summed E-state index contributed by atoms with van der Waals surface area (Å²) in [5, 5.41) is 9.16. The molecular formula is C15H20ClF4NO2S. The Hall–Kier alpha value is -0.540. The molecule has 0 unspecified atom stereocenters. The summed E-state index contributed by atoms with van der Waals surface area (Å²) in [6, 6.07) is 3.87. The molecule has 0 amide bonds. The summed E-state index contributed by atoms with van der Waals surface area (Å²) in [7, 11) is 0. The van der Waals surface area contributed by atoms with Crippen LogP contribution in [0.4, 0.5) is 17.6 Å². The van der Waals surface area contributed by atoms with Gasteiger partial charge in [-0.05, 0) is 33.8 Å². The van der Waals surface area contributed by atoms with E-state index in [1.807, 2.05) is 0 Å². The first kappa shape index (κ1) is 21.5. The molecule has 9 heteroatoms. The van der Waals surface area contributed by atoms with Crippen LogP contribution in [-0.2, 0) is 16.9 Å². The minimum absolute atomic E-state index is 0.198. The second-order valence-electron chi connectivity index (χ2n) is 6.68. The largest absolute Gasteiger partial charge is 0.598 e. The zero-order valence-electron chi connectivity index (χ0n) is 13.7. The number of hydrogen-bond acceptors (Lipinski definition) is 3. The van der Waals surface area contributed by atoms with Crippen molar-refractivity contribution >= 4 is 23.0 Å². The second kappa shape index (κ2) is 7.37. The molecule has 0 heterocycles. The van der Waals surface area contributed by atoms with Crippen molar-refractivity contribution in [1.29, 1.82) is 0 Å². The number of hydrogen-bond donors (Lipinski definition) is 2. The maximum Gasteiger partial charge on any atom is 0.414 e. The lowest BCUT2D eigenvalue weighted by atomic mass is 9.87. The summed E-state index contributed by atoms with van der Waals surface area (Å²) in [5.74, 6) is -0.922. The Kier molecular flexibility index (Phi) is 6.60. The Morgan fingerprint density at radius 2 is 1.79 bits per heavy atom. The zero-order valence-corrected chi connectivity index (χ0v) is 15.2. The summed E-state index contributed by atoms with van der Waals surface area (Å²) in [6.07, 6.45) is -8.53. The van der Waals surface area contributed by atoms with Gasteiger partial charge in [0.25, 0.3) is 0 Å². The lowest BCUT2D eigenvalue weighted by molar-refractivity contribution is -0.209. The van der Waals surface area contributed by atoms with Crippen molar-refractivity contribution in [2.75, 3.05) is 0 Å². The molecule has 0 radical (unpaired) electrons. The van der Waals surface area contributed by atoms with Crippen molar-refractivity contribution in [3.8, 4) is 0 Å². The van der Waals surface area contributed by atoms with Crippen LogP contribution in [0.1, 0.15) is 39.7 Å². The van der Waals surface area contributed by atoms with Crippen molar-refractivity contribution < 1.29 is 27.2 Å². The summed E-state index contributed by atoms with van der Waals surface area (Å²) >= 11 is 3.91. The van der Waals surface area contributed by atoms with Crippen LogP contribution in [0.15, 0.2) is 18.2 Å². The van der Waals surface area contributed by atoms with Gasteiger partial charge in [-0.2, -0.15) is 13.2 Å². The first-order valence-electron chi connectivity index (χ1n) is 7.07. The molecule has 0 aliphatic heterocycles. The van der Waals surface area contributed by atoms with E-state index in [2.05, 4.69) is 4.72 Å². The van der Waals surface area contributed by atoms with Crippen LogP contribution >= 0.6 is 11.6 Å². The van der Waals surface area contributed by atoms with Crippen LogP contribution in [0, 0.1) is 5.82 Å². The summed E-state index contributed by atoms with van der Waals surface area (Å²) in [6.45, 7) is 6.10. The van der Waals surface area contributed by atoms with Crippen LogP contribution in [0.25, 0.3) is 0 Å². The fraction of sp³-hybridized carbons (Fsp3) is 0.600. The van der Waals surface area contributed by atoms with Crippen LogP contribution in [0.3, 0.4) is 0 Å². The van der Waals surface area contributed by atoms with Gasteiger partial charge in [0.15, 0.2) is 6.10 Å². The number of aliphatic hydroxyl groups excluding tert-OH is 1. The summed E-state index contributed by atoms with van der Waals surface area (Å²) in [5.41, 5.74) is -1.95. The number of rotatable bonds is 5. The Labute approximate surface area is 146 Å². The average molecular weight is 390 g/mol. The van der Waals surface area contributed by atoms with Crippen molar-refractivity contribution in [2.24, 2.45) is 0 Å². The van der Waals surface area contributed by atoms with E-state index >= 15 is 0 Å². The predicted molar refractivity (Wildman–Crippen MR) is 86.5 cm³/mol. The summed E-state index contributed by atoms with van der Waals surface area (Å²) < 4.78 is 66.8. The van der Waals surface area contributed by atoms with Crippen molar-refractivity contribution in [2.45, 2.75) is 56.7 Å². The molecule has 0 saturated heterocycles. The van der Waals surface area contributed by atoms with Crippen LogP contribution in [0.2, 0.25) is 5.02 Å². The number of halogens is 5. The molecule has 0 saturated carbocycles. The van der Waals surface area contributed by atoms with Gasteiger partial charge in [0.1, 0.15) is 10.6 Å². The van der Waals surface area contributed by atoms with Gasteiger partial charge in [-0.15, -0.1) is 4.72 Å². The molecule has 2 N–H and O–H groups in total. The minimum Gasteiger partial charge on any atom is -0.598 e. The zero-order chi connectivity index (χ0) is 18.9. The van der Waals surface area contributed by atoms with Gasteiger partial charge in [0.2, 0.25) is 0 Å². The number of benzene rings is 1. The highest BCUT2D eigenvalue weighted by atomic mass is 35.5. The highest BCUT2D eigenvalue weighted by molar-refractivity contribution is 7.90. The average Bonchev–Trinajstić information content (AvgIpc) is 2.39.